The molecular formula is C10H24O2Si. The van der Waals surface area contributed by atoms with E-state index in [1.165, 1.54) is 6.42 Å². The number of hydrogen-bond donors (Lipinski definition) is 0. The van der Waals surface area contributed by atoms with Crippen molar-refractivity contribution < 1.29 is 9.47 Å². The zero-order valence-electron chi connectivity index (χ0n) is 9.89. The molecule has 0 unspecified atom stereocenters. The zero-order chi connectivity index (χ0) is 10.5. The maximum Gasteiger partial charge on any atom is 0.134 e. The fourth-order valence-electron chi connectivity index (χ4n) is 1.90. The highest BCUT2D eigenvalue weighted by atomic mass is 28.2. The lowest BCUT2D eigenvalue weighted by Gasteiger charge is -2.29. The molecule has 0 rings (SSSR count). The standard InChI is InChI=1S/C10H24O2Si/c1-8(2)7-10(3,4)13-9(11-5)12-6/h8-9H,7,13H2,1-6H3. The van der Waals surface area contributed by atoms with E-state index in [-0.39, 0.29) is 15.4 Å². The molecule has 0 N–H and O–H groups in total. The van der Waals surface area contributed by atoms with Crippen LogP contribution in [0.4, 0.5) is 0 Å². The van der Waals surface area contributed by atoms with Crippen molar-refractivity contribution >= 4 is 9.52 Å². The Morgan fingerprint density at radius 2 is 1.62 bits per heavy atom. The Balaban J connectivity index is 3.98. The molecular weight excluding hydrogens is 180 g/mol. The Morgan fingerprint density at radius 1 is 1.15 bits per heavy atom. The lowest BCUT2D eigenvalue weighted by Crippen LogP contribution is -2.30. The van der Waals surface area contributed by atoms with E-state index in [9.17, 15) is 0 Å². The van der Waals surface area contributed by atoms with Crippen LogP contribution in [0, 0.1) is 5.92 Å². The van der Waals surface area contributed by atoms with E-state index in [1.807, 2.05) is 0 Å². The van der Waals surface area contributed by atoms with Gasteiger partial charge in [-0.1, -0.05) is 27.7 Å². The fraction of sp³-hybridized carbons (Fsp3) is 1.00. The molecule has 0 amide bonds. The van der Waals surface area contributed by atoms with Crippen molar-refractivity contribution in [2.75, 3.05) is 14.2 Å². The fourth-order valence-corrected chi connectivity index (χ4v) is 3.88. The second-order valence-electron chi connectivity index (χ2n) is 4.87. The van der Waals surface area contributed by atoms with E-state index >= 15 is 0 Å². The van der Waals surface area contributed by atoms with Gasteiger partial charge < -0.3 is 9.47 Å². The van der Waals surface area contributed by atoms with Crippen LogP contribution in [0.25, 0.3) is 0 Å². The molecule has 0 aromatic carbocycles. The van der Waals surface area contributed by atoms with Crippen molar-refractivity contribution in [3.8, 4) is 0 Å². The predicted octanol–water partition coefficient (Wildman–Crippen LogP) is 1.98. The van der Waals surface area contributed by atoms with Crippen molar-refractivity contribution in [2.24, 2.45) is 5.92 Å². The Hall–Kier alpha value is 0.137. The first-order valence-electron chi connectivity index (χ1n) is 4.97. The molecule has 0 spiro atoms. The SMILES string of the molecule is COC(OC)[SiH2]C(C)(C)CC(C)C. The van der Waals surface area contributed by atoms with E-state index in [1.54, 1.807) is 14.2 Å². The summed E-state index contributed by atoms with van der Waals surface area (Å²) in [5.74, 6) is 0.839. The maximum absolute atomic E-state index is 5.26. The van der Waals surface area contributed by atoms with Crippen molar-refractivity contribution in [3.63, 3.8) is 0 Å². The van der Waals surface area contributed by atoms with E-state index in [0.29, 0.717) is 5.04 Å². The first-order chi connectivity index (χ1) is 5.91. The molecule has 0 aromatic heterocycles. The van der Waals surface area contributed by atoms with Gasteiger partial charge in [-0.2, -0.15) is 0 Å². The molecule has 2 nitrogen and oxygen atoms in total. The molecule has 0 atom stereocenters. The van der Waals surface area contributed by atoms with Gasteiger partial charge in [-0.25, -0.2) is 0 Å². The van der Waals surface area contributed by atoms with Gasteiger partial charge in [0.2, 0.25) is 0 Å². The Morgan fingerprint density at radius 3 is 1.92 bits per heavy atom. The molecule has 0 radical (unpaired) electrons. The van der Waals surface area contributed by atoms with Gasteiger partial charge in [-0.3, -0.25) is 0 Å². The topological polar surface area (TPSA) is 18.5 Å². The van der Waals surface area contributed by atoms with Gasteiger partial charge in [0, 0.05) is 14.2 Å². The quantitative estimate of drug-likeness (QED) is 0.486. The van der Waals surface area contributed by atoms with E-state index < -0.39 is 0 Å². The first-order valence-corrected chi connectivity index (χ1v) is 6.49. The molecule has 0 saturated heterocycles. The lowest BCUT2D eigenvalue weighted by atomic mass is 10.00. The highest BCUT2D eigenvalue weighted by molar-refractivity contribution is 6.40. The molecule has 0 bridgehead atoms. The van der Waals surface area contributed by atoms with E-state index in [2.05, 4.69) is 27.7 Å². The van der Waals surface area contributed by atoms with Crippen LogP contribution in [-0.4, -0.2) is 29.7 Å². The lowest BCUT2D eigenvalue weighted by molar-refractivity contribution is -0.0459. The van der Waals surface area contributed by atoms with Crippen LogP contribution in [0.1, 0.15) is 34.1 Å². The molecule has 80 valence electrons. The first kappa shape index (κ1) is 13.1. The minimum Gasteiger partial charge on any atom is -0.360 e. The third-order valence-electron chi connectivity index (χ3n) is 2.21. The Bertz CT molecular complexity index is 131. The summed E-state index contributed by atoms with van der Waals surface area (Å²) in [6.45, 7) is 9.18. The summed E-state index contributed by atoms with van der Waals surface area (Å²) in [5, 5.41) is 0.435. The summed E-state index contributed by atoms with van der Waals surface area (Å²) in [4.78, 5) is 0. The van der Waals surface area contributed by atoms with Crippen LogP contribution in [0.3, 0.4) is 0 Å². The molecule has 0 saturated carbocycles. The molecule has 0 aliphatic carbocycles. The van der Waals surface area contributed by atoms with E-state index in [0.717, 1.165) is 5.92 Å². The summed E-state index contributed by atoms with van der Waals surface area (Å²) in [6.07, 6.45) is 1.27. The average molecular weight is 204 g/mol. The number of hydrogen-bond acceptors (Lipinski definition) is 2. The van der Waals surface area contributed by atoms with Gasteiger partial charge in [-0.05, 0) is 17.4 Å². The largest absolute Gasteiger partial charge is 0.360 e. The van der Waals surface area contributed by atoms with Crippen LogP contribution < -0.4 is 0 Å². The molecule has 13 heavy (non-hydrogen) atoms. The van der Waals surface area contributed by atoms with Gasteiger partial charge in [-0.15, -0.1) is 0 Å². The van der Waals surface area contributed by atoms with Gasteiger partial charge in [0.1, 0.15) is 5.91 Å². The van der Waals surface area contributed by atoms with Gasteiger partial charge in [0.15, 0.2) is 0 Å². The molecule has 3 heteroatoms. The Kier molecular flexibility index (Phi) is 5.84. The number of ether oxygens (including phenoxy) is 2. The monoisotopic (exact) mass is 204 g/mol. The summed E-state index contributed by atoms with van der Waals surface area (Å²) in [7, 11) is 3.12. The minimum atomic E-state index is -0.334. The van der Waals surface area contributed by atoms with Crippen LogP contribution in [-0.2, 0) is 9.47 Å². The Labute approximate surface area is 84.8 Å². The third kappa shape index (κ3) is 6.24. The van der Waals surface area contributed by atoms with Gasteiger partial charge in [0.05, 0.1) is 9.52 Å². The molecule has 0 aromatic rings. The number of methoxy groups -OCH3 is 2. The van der Waals surface area contributed by atoms with Crippen molar-refractivity contribution in [1.29, 1.82) is 0 Å². The smallest absolute Gasteiger partial charge is 0.134 e. The zero-order valence-corrected chi connectivity index (χ0v) is 11.3. The van der Waals surface area contributed by atoms with Crippen LogP contribution in [0.5, 0.6) is 0 Å². The van der Waals surface area contributed by atoms with Crippen molar-refractivity contribution in [2.45, 2.75) is 45.1 Å². The van der Waals surface area contributed by atoms with Crippen molar-refractivity contribution in [3.05, 3.63) is 0 Å². The summed E-state index contributed by atoms with van der Waals surface area (Å²) < 4.78 is 10.5. The van der Waals surface area contributed by atoms with Gasteiger partial charge in [0.25, 0.3) is 0 Å². The highest BCUT2D eigenvalue weighted by Crippen LogP contribution is 2.32. The highest BCUT2D eigenvalue weighted by Gasteiger charge is 2.24. The third-order valence-corrected chi connectivity index (χ3v) is 4.60. The minimum absolute atomic E-state index is 0.0775. The van der Waals surface area contributed by atoms with Crippen LogP contribution in [0.15, 0.2) is 0 Å². The summed E-state index contributed by atoms with van der Waals surface area (Å²) >= 11 is 0. The summed E-state index contributed by atoms with van der Waals surface area (Å²) in [6, 6.07) is 0. The maximum atomic E-state index is 5.26. The average Bonchev–Trinajstić information content (AvgIpc) is 1.97. The molecule has 0 aliphatic rings. The van der Waals surface area contributed by atoms with Crippen LogP contribution >= 0.6 is 0 Å². The van der Waals surface area contributed by atoms with Gasteiger partial charge >= 0.3 is 0 Å². The van der Waals surface area contributed by atoms with Crippen LogP contribution in [0.2, 0.25) is 5.04 Å². The second kappa shape index (κ2) is 5.78. The van der Waals surface area contributed by atoms with E-state index in [4.69, 9.17) is 9.47 Å². The second-order valence-corrected chi connectivity index (χ2v) is 7.86. The summed E-state index contributed by atoms with van der Waals surface area (Å²) in [5.41, 5.74) is 0. The number of rotatable bonds is 6. The predicted molar refractivity (Wildman–Crippen MR) is 59.8 cm³/mol. The molecule has 0 heterocycles. The van der Waals surface area contributed by atoms with Crippen molar-refractivity contribution in [1.82, 2.24) is 0 Å². The molecule has 0 aliphatic heterocycles. The molecule has 0 fully saturated rings. The normalized spacial score (nSPS) is 13.8.